The molecular weight excluding hydrogens is 383 g/mol. The number of halogens is 1. The maximum Gasteiger partial charge on any atom is 0.257 e. The predicted octanol–water partition coefficient (Wildman–Crippen LogP) is 3.56. The van der Waals surface area contributed by atoms with Crippen LogP contribution in [0.25, 0.3) is 11.4 Å². The van der Waals surface area contributed by atoms with Gasteiger partial charge < -0.3 is 14.5 Å². The fourth-order valence-corrected chi connectivity index (χ4v) is 3.55. The fourth-order valence-electron chi connectivity index (χ4n) is 3.55. The third kappa shape index (κ3) is 4.10. The number of anilines is 1. The number of rotatable bonds is 4. The quantitative estimate of drug-likeness (QED) is 0.663. The van der Waals surface area contributed by atoms with Crippen molar-refractivity contribution in [3.63, 3.8) is 0 Å². The fraction of sp³-hybridized carbons (Fsp3) is 0.261. The molecule has 2 heterocycles. The highest BCUT2D eigenvalue weighted by molar-refractivity contribution is 5.95. The Morgan fingerprint density at radius 3 is 2.27 bits per heavy atom. The lowest BCUT2D eigenvalue weighted by molar-refractivity contribution is 0.0745. The lowest BCUT2D eigenvalue weighted by Gasteiger charge is -2.36. The summed E-state index contributed by atoms with van der Waals surface area (Å²) in [5.74, 6) is 1.03. The summed E-state index contributed by atoms with van der Waals surface area (Å²) >= 11 is 0. The van der Waals surface area contributed by atoms with Gasteiger partial charge in [-0.15, -0.1) is 0 Å². The number of methoxy groups -OCH3 is 1. The van der Waals surface area contributed by atoms with E-state index < -0.39 is 0 Å². The van der Waals surface area contributed by atoms with Gasteiger partial charge in [-0.3, -0.25) is 4.79 Å². The summed E-state index contributed by atoms with van der Waals surface area (Å²) in [5, 5.41) is 0. The Kier molecular flexibility index (Phi) is 5.61. The first kappa shape index (κ1) is 19.8. The van der Waals surface area contributed by atoms with Crippen LogP contribution >= 0.6 is 0 Å². The van der Waals surface area contributed by atoms with Crippen molar-refractivity contribution in [2.75, 3.05) is 38.2 Å². The Balaban J connectivity index is 1.44. The van der Waals surface area contributed by atoms with Crippen LogP contribution in [0.1, 0.15) is 16.1 Å². The van der Waals surface area contributed by atoms with Gasteiger partial charge in [-0.05, 0) is 55.5 Å². The van der Waals surface area contributed by atoms with Crippen molar-refractivity contribution < 1.29 is 13.9 Å². The smallest absolute Gasteiger partial charge is 0.257 e. The van der Waals surface area contributed by atoms with Crippen molar-refractivity contribution in [1.82, 2.24) is 14.9 Å². The second-order valence-electron chi connectivity index (χ2n) is 7.18. The SMILES string of the molecule is COc1ccc(-c2ncc(C(=O)N3CCN(c4ccc(F)cc4)CC3)c(C)n2)cc1. The zero-order chi connectivity index (χ0) is 21.1. The molecule has 1 aliphatic heterocycles. The number of benzene rings is 2. The lowest BCUT2D eigenvalue weighted by Crippen LogP contribution is -2.49. The number of carbonyl (C=O) groups excluding carboxylic acids is 1. The molecule has 4 rings (SSSR count). The van der Waals surface area contributed by atoms with Crippen LogP contribution in [0.3, 0.4) is 0 Å². The number of aromatic nitrogens is 2. The van der Waals surface area contributed by atoms with Crippen molar-refractivity contribution in [2.45, 2.75) is 6.92 Å². The topological polar surface area (TPSA) is 58.6 Å². The van der Waals surface area contributed by atoms with E-state index in [4.69, 9.17) is 4.74 Å². The highest BCUT2D eigenvalue weighted by Gasteiger charge is 2.24. The van der Waals surface area contributed by atoms with Gasteiger partial charge in [0.2, 0.25) is 0 Å². The Hall–Kier alpha value is -3.48. The Bertz CT molecular complexity index is 1030. The predicted molar refractivity (Wildman–Crippen MR) is 113 cm³/mol. The minimum absolute atomic E-state index is 0.0625. The number of ether oxygens (including phenoxy) is 1. The highest BCUT2D eigenvalue weighted by Crippen LogP contribution is 2.22. The van der Waals surface area contributed by atoms with Crippen LogP contribution in [-0.4, -0.2) is 54.1 Å². The standard InChI is InChI=1S/C23H23FN4O2/c1-16-21(15-25-22(26-16)17-3-9-20(30-2)10-4-17)23(29)28-13-11-27(12-14-28)19-7-5-18(24)6-8-19/h3-10,15H,11-14H2,1-2H3. The highest BCUT2D eigenvalue weighted by atomic mass is 19.1. The maximum absolute atomic E-state index is 13.1. The van der Waals surface area contributed by atoms with E-state index in [-0.39, 0.29) is 11.7 Å². The molecule has 6 nitrogen and oxygen atoms in total. The minimum atomic E-state index is -0.249. The molecule has 0 saturated carbocycles. The van der Waals surface area contributed by atoms with Crippen LogP contribution in [0.4, 0.5) is 10.1 Å². The number of amides is 1. The van der Waals surface area contributed by atoms with E-state index in [1.807, 2.05) is 36.1 Å². The lowest BCUT2D eigenvalue weighted by atomic mass is 10.1. The van der Waals surface area contributed by atoms with Gasteiger partial charge in [-0.2, -0.15) is 0 Å². The zero-order valence-electron chi connectivity index (χ0n) is 17.0. The van der Waals surface area contributed by atoms with E-state index in [0.717, 1.165) is 17.0 Å². The van der Waals surface area contributed by atoms with Crippen LogP contribution in [0.5, 0.6) is 5.75 Å². The van der Waals surface area contributed by atoms with Gasteiger partial charge in [-0.1, -0.05) is 0 Å². The van der Waals surface area contributed by atoms with Gasteiger partial charge in [0, 0.05) is 43.6 Å². The molecule has 154 valence electrons. The van der Waals surface area contributed by atoms with Gasteiger partial charge in [0.15, 0.2) is 5.82 Å². The van der Waals surface area contributed by atoms with Gasteiger partial charge in [0.25, 0.3) is 5.91 Å². The van der Waals surface area contributed by atoms with Crippen molar-refractivity contribution >= 4 is 11.6 Å². The summed E-state index contributed by atoms with van der Waals surface area (Å²) in [7, 11) is 1.62. The number of hydrogen-bond donors (Lipinski definition) is 0. The van der Waals surface area contributed by atoms with Crippen LogP contribution in [-0.2, 0) is 0 Å². The normalized spacial score (nSPS) is 14.0. The van der Waals surface area contributed by atoms with E-state index in [1.54, 1.807) is 25.4 Å². The molecule has 2 aromatic carbocycles. The van der Waals surface area contributed by atoms with E-state index in [0.29, 0.717) is 43.3 Å². The van der Waals surface area contributed by atoms with Crippen molar-refractivity contribution in [2.24, 2.45) is 0 Å². The number of nitrogens with zero attached hydrogens (tertiary/aromatic N) is 4. The molecule has 0 spiro atoms. The van der Waals surface area contributed by atoms with E-state index in [1.165, 1.54) is 12.1 Å². The second-order valence-corrected chi connectivity index (χ2v) is 7.18. The number of piperazine rings is 1. The summed E-state index contributed by atoms with van der Waals surface area (Å²) in [6, 6.07) is 13.9. The first-order valence-electron chi connectivity index (χ1n) is 9.83. The Morgan fingerprint density at radius 1 is 1.00 bits per heavy atom. The molecule has 1 aromatic heterocycles. The van der Waals surface area contributed by atoms with Gasteiger partial charge in [-0.25, -0.2) is 14.4 Å². The molecule has 1 aliphatic rings. The van der Waals surface area contributed by atoms with Gasteiger partial charge in [0.1, 0.15) is 11.6 Å². The molecule has 0 unspecified atom stereocenters. The van der Waals surface area contributed by atoms with Crippen molar-refractivity contribution in [1.29, 1.82) is 0 Å². The summed E-state index contributed by atoms with van der Waals surface area (Å²) in [6.07, 6.45) is 1.61. The average Bonchev–Trinajstić information content (AvgIpc) is 2.79. The first-order valence-corrected chi connectivity index (χ1v) is 9.83. The molecule has 30 heavy (non-hydrogen) atoms. The number of hydrogen-bond acceptors (Lipinski definition) is 5. The summed E-state index contributed by atoms with van der Waals surface area (Å²) in [5.41, 5.74) is 3.00. The molecular formula is C23H23FN4O2. The van der Waals surface area contributed by atoms with Crippen molar-refractivity contribution in [3.8, 4) is 17.1 Å². The van der Waals surface area contributed by atoms with Gasteiger partial charge in [0.05, 0.1) is 18.4 Å². The molecule has 0 atom stereocenters. The monoisotopic (exact) mass is 406 g/mol. The molecule has 0 aliphatic carbocycles. The van der Waals surface area contributed by atoms with Crippen LogP contribution < -0.4 is 9.64 Å². The number of aryl methyl sites for hydroxylation is 1. The third-order valence-electron chi connectivity index (χ3n) is 5.32. The molecule has 0 radical (unpaired) electrons. The molecule has 1 saturated heterocycles. The Morgan fingerprint density at radius 2 is 1.67 bits per heavy atom. The zero-order valence-corrected chi connectivity index (χ0v) is 17.0. The average molecular weight is 406 g/mol. The van der Waals surface area contributed by atoms with Crippen LogP contribution in [0.15, 0.2) is 54.7 Å². The largest absolute Gasteiger partial charge is 0.497 e. The molecule has 7 heteroatoms. The minimum Gasteiger partial charge on any atom is -0.497 e. The maximum atomic E-state index is 13.1. The van der Waals surface area contributed by atoms with Crippen molar-refractivity contribution in [3.05, 3.63) is 71.8 Å². The summed E-state index contributed by atoms with van der Waals surface area (Å²) in [4.78, 5) is 25.9. The molecule has 3 aromatic rings. The molecule has 1 fully saturated rings. The van der Waals surface area contributed by atoms with Gasteiger partial charge >= 0.3 is 0 Å². The second kappa shape index (κ2) is 8.49. The summed E-state index contributed by atoms with van der Waals surface area (Å²) in [6.45, 7) is 4.41. The first-order chi connectivity index (χ1) is 14.5. The Labute approximate surface area is 174 Å². The third-order valence-corrected chi connectivity index (χ3v) is 5.32. The van der Waals surface area contributed by atoms with Crippen LogP contribution in [0, 0.1) is 12.7 Å². The van der Waals surface area contributed by atoms with E-state index >= 15 is 0 Å². The van der Waals surface area contributed by atoms with E-state index in [2.05, 4.69) is 14.9 Å². The van der Waals surface area contributed by atoms with E-state index in [9.17, 15) is 9.18 Å². The molecule has 0 N–H and O–H groups in total. The summed E-state index contributed by atoms with van der Waals surface area (Å²) < 4.78 is 18.3. The van der Waals surface area contributed by atoms with Crippen LogP contribution in [0.2, 0.25) is 0 Å². The number of carbonyl (C=O) groups is 1. The molecule has 1 amide bonds. The molecule has 0 bridgehead atoms.